The van der Waals surface area contributed by atoms with E-state index in [1.807, 2.05) is 4.68 Å². The van der Waals surface area contributed by atoms with Crippen LogP contribution in [0.25, 0.3) is 0 Å². The molecule has 0 spiro atoms. The first-order valence-corrected chi connectivity index (χ1v) is 8.09. The van der Waals surface area contributed by atoms with E-state index in [2.05, 4.69) is 42.7 Å². The van der Waals surface area contributed by atoms with Crippen LogP contribution in [0.1, 0.15) is 30.3 Å². The molecule has 0 saturated carbocycles. The highest BCUT2D eigenvalue weighted by molar-refractivity contribution is 5.24. The van der Waals surface area contributed by atoms with Crippen LogP contribution in [0, 0.1) is 19.8 Å². The van der Waals surface area contributed by atoms with Crippen LogP contribution in [0.4, 0.5) is 0 Å². The van der Waals surface area contributed by atoms with Crippen LogP contribution < -0.4 is 0 Å². The predicted octanol–water partition coefficient (Wildman–Crippen LogP) is 1.27. The van der Waals surface area contributed by atoms with E-state index in [1.54, 1.807) is 0 Å². The van der Waals surface area contributed by atoms with Gasteiger partial charge in [-0.05, 0) is 46.3 Å². The van der Waals surface area contributed by atoms with Crippen LogP contribution in [0.3, 0.4) is 0 Å². The molecule has 5 heteroatoms. The van der Waals surface area contributed by atoms with Gasteiger partial charge in [0, 0.05) is 30.9 Å². The second-order valence-corrected chi connectivity index (χ2v) is 6.34. The first-order chi connectivity index (χ1) is 10.0. The third kappa shape index (κ3) is 4.05. The summed E-state index contributed by atoms with van der Waals surface area (Å²) in [6.45, 7) is 12.9. The molecular weight excluding hydrogens is 264 g/mol. The van der Waals surface area contributed by atoms with E-state index in [9.17, 15) is 0 Å². The van der Waals surface area contributed by atoms with Gasteiger partial charge in [0.2, 0.25) is 0 Å². The van der Waals surface area contributed by atoms with Gasteiger partial charge in [0.25, 0.3) is 0 Å². The fraction of sp³-hybridized carbons (Fsp3) is 0.812. The van der Waals surface area contributed by atoms with Crippen molar-refractivity contribution in [3.8, 4) is 0 Å². The maximum Gasteiger partial charge on any atom is 0.0644 e. The van der Waals surface area contributed by atoms with Crippen molar-refractivity contribution in [2.45, 2.75) is 40.3 Å². The molecule has 1 fully saturated rings. The number of aromatic nitrogens is 2. The van der Waals surface area contributed by atoms with Crippen molar-refractivity contribution >= 4 is 0 Å². The van der Waals surface area contributed by atoms with Crippen LogP contribution in [0.2, 0.25) is 0 Å². The topological polar surface area (TPSA) is 44.5 Å². The van der Waals surface area contributed by atoms with Crippen molar-refractivity contribution in [3.05, 3.63) is 17.0 Å². The highest BCUT2D eigenvalue weighted by Gasteiger charge is 2.23. The van der Waals surface area contributed by atoms with Gasteiger partial charge in [-0.2, -0.15) is 5.10 Å². The average molecular weight is 294 g/mol. The summed E-state index contributed by atoms with van der Waals surface area (Å²) in [5, 5.41) is 13.6. The summed E-state index contributed by atoms with van der Waals surface area (Å²) < 4.78 is 1.92. The first-order valence-electron chi connectivity index (χ1n) is 8.09. The van der Waals surface area contributed by atoms with Gasteiger partial charge < -0.3 is 14.9 Å². The summed E-state index contributed by atoms with van der Waals surface area (Å²) in [6, 6.07) is 0. The molecule has 0 bridgehead atoms. The Balaban J connectivity index is 1.92. The van der Waals surface area contributed by atoms with Crippen LogP contribution in [-0.2, 0) is 13.1 Å². The lowest BCUT2D eigenvalue weighted by atomic mass is 10.1. The first kappa shape index (κ1) is 16.5. The van der Waals surface area contributed by atoms with Gasteiger partial charge in [-0.1, -0.05) is 6.92 Å². The zero-order valence-corrected chi connectivity index (χ0v) is 14.0. The lowest BCUT2D eigenvalue weighted by Crippen LogP contribution is -2.28. The van der Waals surface area contributed by atoms with Crippen LogP contribution in [-0.4, -0.2) is 64.5 Å². The zero-order chi connectivity index (χ0) is 15.4. The van der Waals surface area contributed by atoms with Crippen molar-refractivity contribution in [2.24, 2.45) is 5.92 Å². The van der Waals surface area contributed by atoms with E-state index < -0.39 is 0 Å². The molecule has 5 nitrogen and oxygen atoms in total. The summed E-state index contributed by atoms with van der Waals surface area (Å²) in [4.78, 5) is 4.96. The number of aliphatic hydroxyl groups excluding tert-OH is 1. The van der Waals surface area contributed by atoms with Gasteiger partial charge in [0.05, 0.1) is 18.8 Å². The van der Waals surface area contributed by atoms with E-state index in [-0.39, 0.29) is 6.61 Å². The van der Waals surface area contributed by atoms with Crippen molar-refractivity contribution in [2.75, 3.05) is 39.8 Å². The van der Waals surface area contributed by atoms with Gasteiger partial charge >= 0.3 is 0 Å². The predicted molar refractivity (Wildman–Crippen MR) is 85.3 cm³/mol. The summed E-state index contributed by atoms with van der Waals surface area (Å²) in [7, 11) is 2.21. The molecule has 21 heavy (non-hydrogen) atoms. The lowest BCUT2D eigenvalue weighted by molar-refractivity contribution is 0.258. The Hall–Kier alpha value is -0.910. The second-order valence-electron chi connectivity index (χ2n) is 6.34. The molecule has 2 rings (SSSR count). The number of aliphatic hydroxyl groups is 1. The van der Waals surface area contributed by atoms with Crippen molar-refractivity contribution < 1.29 is 5.11 Å². The molecule has 0 radical (unpaired) electrons. The third-order valence-electron chi connectivity index (χ3n) is 4.66. The molecule has 1 aromatic rings. The Labute approximate surface area is 128 Å². The summed E-state index contributed by atoms with van der Waals surface area (Å²) >= 11 is 0. The molecule has 0 amide bonds. The molecule has 1 N–H and O–H groups in total. The average Bonchev–Trinajstić information content (AvgIpc) is 2.99. The zero-order valence-electron chi connectivity index (χ0n) is 14.0. The van der Waals surface area contributed by atoms with Crippen LogP contribution in [0.15, 0.2) is 0 Å². The molecule has 0 aromatic carbocycles. The highest BCUT2D eigenvalue weighted by Crippen LogP contribution is 2.19. The fourth-order valence-electron chi connectivity index (χ4n) is 3.40. The number of nitrogens with zero attached hydrogens (tertiary/aromatic N) is 4. The minimum atomic E-state index is 0.145. The number of likely N-dealkylation sites (tertiary alicyclic amines) is 1. The van der Waals surface area contributed by atoms with Gasteiger partial charge in [0.1, 0.15) is 0 Å². The SMILES string of the molecule is CCN1CC[C@@H](CN(C)Cc2c(C)nn(CCO)c2C)C1. The fourth-order valence-corrected chi connectivity index (χ4v) is 3.40. The van der Waals surface area contributed by atoms with Gasteiger partial charge in [-0.15, -0.1) is 0 Å². The van der Waals surface area contributed by atoms with E-state index >= 15 is 0 Å². The standard InChI is InChI=1S/C16H30N4O/c1-5-19-7-6-15(11-19)10-18(4)12-16-13(2)17-20(8-9-21)14(16)3/h15,21H,5-12H2,1-4H3/t15-/m0/s1. The Kier molecular flexibility index (Phi) is 5.79. The minimum Gasteiger partial charge on any atom is -0.394 e. The molecule has 0 aliphatic carbocycles. The molecule has 1 aliphatic rings. The molecule has 120 valence electrons. The van der Waals surface area contributed by atoms with E-state index in [0.717, 1.165) is 24.7 Å². The van der Waals surface area contributed by atoms with Crippen LogP contribution >= 0.6 is 0 Å². The number of aryl methyl sites for hydroxylation is 1. The largest absolute Gasteiger partial charge is 0.394 e. The van der Waals surface area contributed by atoms with E-state index in [1.165, 1.54) is 37.3 Å². The molecule has 1 aromatic heterocycles. The Morgan fingerprint density at radius 3 is 2.76 bits per heavy atom. The molecule has 1 aliphatic heterocycles. The third-order valence-corrected chi connectivity index (χ3v) is 4.66. The maximum absolute atomic E-state index is 9.09. The molecular formula is C16H30N4O. The summed E-state index contributed by atoms with van der Waals surface area (Å²) in [5.74, 6) is 0.794. The monoisotopic (exact) mass is 294 g/mol. The quantitative estimate of drug-likeness (QED) is 0.822. The Morgan fingerprint density at radius 2 is 2.14 bits per heavy atom. The van der Waals surface area contributed by atoms with Crippen molar-refractivity contribution in [3.63, 3.8) is 0 Å². The number of rotatable bonds is 7. The second kappa shape index (κ2) is 7.38. The van der Waals surface area contributed by atoms with Gasteiger partial charge in [-0.25, -0.2) is 0 Å². The molecule has 1 saturated heterocycles. The summed E-state index contributed by atoms with van der Waals surface area (Å²) in [5.41, 5.74) is 3.60. The number of hydrogen-bond acceptors (Lipinski definition) is 4. The normalized spacial score (nSPS) is 19.8. The lowest BCUT2D eigenvalue weighted by Gasteiger charge is -2.21. The number of hydrogen-bond donors (Lipinski definition) is 1. The Morgan fingerprint density at radius 1 is 1.38 bits per heavy atom. The smallest absolute Gasteiger partial charge is 0.0644 e. The van der Waals surface area contributed by atoms with Gasteiger partial charge in [0.15, 0.2) is 0 Å². The molecule has 2 heterocycles. The Bertz CT molecular complexity index is 457. The summed E-state index contributed by atoms with van der Waals surface area (Å²) in [6.07, 6.45) is 1.32. The highest BCUT2D eigenvalue weighted by atomic mass is 16.3. The van der Waals surface area contributed by atoms with E-state index in [0.29, 0.717) is 6.54 Å². The minimum absolute atomic E-state index is 0.145. The van der Waals surface area contributed by atoms with Crippen molar-refractivity contribution in [1.29, 1.82) is 0 Å². The molecule has 0 unspecified atom stereocenters. The van der Waals surface area contributed by atoms with Gasteiger partial charge in [-0.3, -0.25) is 4.68 Å². The van der Waals surface area contributed by atoms with Crippen LogP contribution in [0.5, 0.6) is 0 Å². The molecule has 1 atom stereocenters. The van der Waals surface area contributed by atoms with Crippen molar-refractivity contribution in [1.82, 2.24) is 19.6 Å². The van der Waals surface area contributed by atoms with E-state index in [4.69, 9.17) is 5.11 Å². The maximum atomic E-state index is 9.09.